The van der Waals surface area contributed by atoms with Crippen molar-refractivity contribution in [2.75, 3.05) is 4.90 Å². The highest BCUT2D eigenvalue weighted by Crippen LogP contribution is 2.41. The SMILES string of the molecule is CC(=O)c1ccc(N2C(=O)c3oc4cc(C)c(C)cc4c(=O)c3C2c2ccc(OCc3ccccc3)cc2)cc1. The second kappa shape index (κ2) is 9.97. The monoisotopic (exact) mass is 529 g/mol. The first-order chi connectivity index (χ1) is 19.3. The molecular weight excluding hydrogens is 502 g/mol. The summed E-state index contributed by atoms with van der Waals surface area (Å²) in [7, 11) is 0. The van der Waals surface area contributed by atoms with Crippen molar-refractivity contribution >= 4 is 28.3 Å². The standard InChI is InChI=1S/C34H27NO5/c1-20-17-28-29(18-21(20)2)40-33-30(32(28)37)31(35(34(33)38)26-13-9-24(10-14-26)22(3)36)25-11-15-27(16-12-25)39-19-23-7-5-4-6-8-23/h4-18,31H,19H2,1-3H3. The molecule has 0 fully saturated rings. The molecule has 0 saturated heterocycles. The Bertz CT molecular complexity index is 1820. The number of hydrogen-bond acceptors (Lipinski definition) is 5. The third-order valence-corrected chi connectivity index (χ3v) is 7.48. The Morgan fingerprint density at radius 2 is 1.55 bits per heavy atom. The first kappa shape index (κ1) is 25.3. The first-order valence-corrected chi connectivity index (χ1v) is 13.1. The number of amides is 1. The summed E-state index contributed by atoms with van der Waals surface area (Å²) in [5, 5.41) is 0.441. The molecule has 198 valence electrons. The number of rotatable bonds is 6. The summed E-state index contributed by atoms with van der Waals surface area (Å²) in [5.74, 6) is 0.230. The van der Waals surface area contributed by atoms with Gasteiger partial charge in [0.05, 0.1) is 17.0 Å². The average molecular weight is 530 g/mol. The van der Waals surface area contributed by atoms with Crippen molar-refractivity contribution in [1.29, 1.82) is 0 Å². The number of nitrogens with zero attached hydrogens (tertiary/aromatic N) is 1. The van der Waals surface area contributed by atoms with Crippen LogP contribution >= 0.6 is 0 Å². The smallest absolute Gasteiger partial charge is 0.295 e. The summed E-state index contributed by atoms with van der Waals surface area (Å²) in [6.07, 6.45) is 0. The van der Waals surface area contributed by atoms with E-state index in [0.717, 1.165) is 22.3 Å². The number of ether oxygens (including phenoxy) is 1. The van der Waals surface area contributed by atoms with Crippen LogP contribution in [-0.2, 0) is 6.61 Å². The summed E-state index contributed by atoms with van der Waals surface area (Å²) in [6, 6.07) is 27.0. The highest BCUT2D eigenvalue weighted by molar-refractivity contribution is 6.11. The molecule has 0 bridgehead atoms. The summed E-state index contributed by atoms with van der Waals surface area (Å²) in [5.41, 5.74) is 5.29. The van der Waals surface area contributed by atoms with E-state index in [1.807, 2.05) is 74.5 Å². The second-order valence-electron chi connectivity index (χ2n) is 10.1. The average Bonchev–Trinajstić information content (AvgIpc) is 3.26. The molecule has 0 saturated carbocycles. The molecule has 1 unspecified atom stereocenters. The molecular formula is C34H27NO5. The molecule has 6 nitrogen and oxygen atoms in total. The number of Topliss-reactive ketones (excluding diaryl/α,β-unsaturated/α-hetero) is 1. The van der Waals surface area contributed by atoms with Gasteiger partial charge < -0.3 is 9.15 Å². The van der Waals surface area contributed by atoms with Gasteiger partial charge in [-0.3, -0.25) is 19.3 Å². The van der Waals surface area contributed by atoms with Crippen molar-refractivity contribution in [1.82, 2.24) is 0 Å². The van der Waals surface area contributed by atoms with Crippen LogP contribution in [0, 0.1) is 13.8 Å². The quantitative estimate of drug-likeness (QED) is 0.223. The van der Waals surface area contributed by atoms with Crippen molar-refractivity contribution < 1.29 is 18.7 Å². The van der Waals surface area contributed by atoms with Crippen molar-refractivity contribution in [3.63, 3.8) is 0 Å². The van der Waals surface area contributed by atoms with E-state index >= 15 is 0 Å². The van der Waals surface area contributed by atoms with Crippen molar-refractivity contribution in [2.45, 2.75) is 33.4 Å². The molecule has 1 amide bonds. The lowest BCUT2D eigenvalue weighted by Gasteiger charge is -2.25. The van der Waals surface area contributed by atoms with Crippen LogP contribution in [0.25, 0.3) is 11.0 Å². The minimum atomic E-state index is -0.712. The fourth-order valence-electron chi connectivity index (χ4n) is 5.15. The molecule has 40 heavy (non-hydrogen) atoms. The minimum absolute atomic E-state index is 0.0331. The van der Waals surface area contributed by atoms with Crippen LogP contribution in [0.5, 0.6) is 5.75 Å². The van der Waals surface area contributed by atoms with E-state index in [-0.39, 0.29) is 17.0 Å². The lowest BCUT2D eigenvalue weighted by molar-refractivity contribution is 0.0970. The molecule has 0 aliphatic carbocycles. The predicted octanol–water partition coefficient (Wildman–Crippen LogP) is 6.94. The molecule has 1 aliphatic rings. The van der Waals surface area contributed by atoms with Crippen LogP contribution in [0.15, 0.2) is 100 Å². The van der Waals surface area contributed by atoms with Crippen LogP contribution < -0.4 is 15.1 Å². The topological polar surface area (TPSA) is 76.8 Å². The Morgan fingerprint density at radius 1 is 0.875 bits per heavy atom. The van der Waals surface area contributed by atoms with E-state index < -0.39 is 11.9 Å². The van der Waals surface area contributed by atoms with Crippen LogP contribution in [0.4, 0.5) is 5.69 Å². The number of carbonyl (C=O) groups excluding carboxylic acids is 2. The van der Waals surface area contributed by atoms with E-state index in [9.17, 15) is 14.4 Å². The molecule has 0 N–H and O–H groups in total. The molecule has 6 rings (SSSR count). The van der Waals surface area contributed by atoms with Gasteiger partial charge in [-0.25, -0.2) is 0 Å². The third kappa shape index (κ3) is 4.37. The predicted molar refractivity (Wildman–Crippen MR) is 154 cm³/mol. The zero-order chi connectivity index (χ0) is 28.0. The number of benzene rings is 4. The molecule has 2 heterocycles. The number of anilines is 1. The van der Waals surface area contributed by atoms with Crippen molar-refractivity contribution in [2.24, 2.45) is 0 Å². The van der Waals surface area contributed by atoms with Crippen molar-refractivity contribution in [3.8, 4) is 5.75 Å². The second-order valence-corrected chi connectivity index (χ2v) is 10.1. The number of fused-ring (bicyclic) bond motifs is 2. The fraction of sp³-hybridized carbons (Fsp3) is 0.147. The molecule has 0 spiro atoms. The van der Waals surface area contributed by atoms with Gasteiger partial charge in [-0.2, -0.15) is 0 Å². The molecule has 6 heteroatoms. The zero-order valence-electron chi connectivity index (χ0n) is 22.4. The highest BCUT2D eigenvalue weighted by Gasteiger charge is 2.43. The van der Waals surface area contributed by atoms with Crippen LogP contribution in [0.1, 0.15) is 61.7 Å². The van der Waals surface area contributed by atoms with Gasteiger partial charge in [0.1, 0.15) is 17.9 Å². The number of hydrogen-bond donors (Lipinski definition) is 0. The molecule has 0 radical (unpaired) electrons. The van der Waals surface area contributed by atoms with Crippen LogP contribution in [0.3, 0.4) is 0 Å². The minimum Gasteiger partial charge on any atom is -0.489 e. The Morgan fingerprint density at radius 3 is 2.23 bits per heavy atom. The number of aryl methyl sites for hydroxylation is 2. The number of ketones is 1. The Labute approximate surface area is 231 Å². The van der Waals surface area contributed by atoms with E-state index in [1.54, 1.807) is 35.2 Å². The normalized spacial score (nSPS) is 14.4. The third-order valence-electron chi connectivity index (χ3n) is 7.48. The Balaban J connectivity index is 1.46. The molecule has 1 aromatic heterocycles. The maximum Gasteiger partial charge on any atom is 0.295 e. The highest BCUT2D eigenvalue weighted by atomic mass is 16.5. The maximum atomic E-state index is 14.0. The molecule has 4 aromatic carbocycles. The zero-order valence-corrected chi connectivity index (χ0v) is 22.4. The Kier molecular flexibility index (Phi) is 6.31. The largest absolute Gasteiger partial charge is 0.489 e. The van der Waals surface area contributed by atoms with Crippen LogP contribution in [-0.4, -0.2) is 11.7 Å². The number of carbonyl (C=O) groups is 2. The molecule has 1 aliphatic heterocycles. The maximum absolute atomic E-state index is 14.0. The first-order valence-electron chi connectivity index (χ1n) is 13.1. The van der Waals surface area contributed by atoms with Gasteiger partial charge in [0.15, 0.2) is 11.2 Å². The van der Waals surface area contributed by atoms with Gasteiger partial charge in [0, 0.05) is 11.3 Å². The van der Waals surface area contributed by atoms with Crippen LogP contribution in [0.2, 0.25) is 0 Å². The lowest BCUT2D eigenvalue weighted by Crippen LogP contribution is -2.29. The van der Waals surface area contributed by atoms with E-state index in [0.29, 0.717) is 40.1 Å². The van der Waals surface area contributed by atoms with E-state index in [4.69, 9.17) is 9.15 Å². The summed E-state index contributed by atoms with van der Waals surface area (Å²) < 4.78 is 12.1. The van der Waals surface area contributed by atoms with E-state index in [1.165, 1.54) is 6.92 Å². The van der Waals surface area contributed by atoms with Gasteiger partial charge in [-0.15, -0.1) is 0 Å². The summed E-state index contributed by atoms with van der Waals surface area (Å²) in [6.45, 7) is 5.81. The Hall–Kier alpha value is -4.97. The van der Waals surface area contributed by atoms with Gasteiger partial charge in [0.25, 0.3) is 5.91 Å². The van der Waals surface area contributed by atoms with Crippen molar-refractivity contribution in [3.05, 3.63) is 140 Å². The lowest BCUT2D eigenvalue weighted by atomic mass is 9.97. The molecule has 1 atom stereocenters. The fourth-order valence-corrected chi connectivity index (χ4v) is 5.15. The van der Waals surface area contributed by atoms with Gasteiger partial charge in [-0.05, 0) is 91.6 Å². The summed E-state index contributed by atoms with van der Waals surface area (Å²) in [4.78, 5) is 41.3. The van der Waals surface area contributed by atoms with Gasteiger partial charge in [0.2, 0.25) is 5.76 Å². The summed E-state index contributed by atoms with van der Waals surface area (Å²) >= 11 is 0. The van der Waals surface area contributed by atoms with Gasteiger partial charge >= 0.3 is 0 Å². The van der Waals surface area contributed by atoms with Gasteiger partial charge in [-0.1, -0.05) is 42.5 Å². The van der Waals surface area contributed by atoms with E-state index in [2.05, 4.69) is 0 Å². The molecule has 5 aromatic rings.